The minimum Gasteiger partial charge on any atom is -0.322 e. The predicted molar refractivity (Wildman–Crippen MR) is 111 cm³/mol. The number of aryl methyl sites for hydroxylation is 1. The Morgan fingerprint density at radius 1 is 1.19 bits per heavy atom. The van der Waals surface area contributed by atoms with Gasteiger partial charge in [-0.2, -0.15) is 8.78 Å². The molecular formula is C23H19ClF2N2O4. The topological polar surface area (TPSA) is 83.6 Å². The second-order valence-corrected chi connectivity index (χ2v) is 8.07. The predicted octanol–water partition coefficient (Wildman–Crippen LogP) is 3.39. The van der Waals surface area contributed by atoms with E-state index in [0.717, 1.165) is 17.0 Å². The van der Waals surface area contributed by atoms with Gasteiger partial charge < -0.3 is 4.90 Å². The van der Waals surface area contributed by atoms with Crippen LogP contribution in [0.5, 0.6) is 0 Å². The number of hydrogen-bond acceptors (Lipinski definition) is 4. The monoisotopic (exact) mass is 462 g/mol. The second kappa shape index (κ2) is 8.43. The Labute approximate surface area is 190 Å². The van der Waals surface area contributed by atoms with Crippen LogP contribution in [-0.2, 0) is 33.2 Å². The van der Waals surface area contributed by atoms with Crippen LogP contribution in [0.15, 0.2) is 42.5 Å². The Balaban J connectivity index is 1.52. The zero-order valence-corrected chi connectivity index (χ0v) is 17.4. The minimum atomic E-state index is -3.71. The highest BCUT2D eigenvalue weighted by atomic mass is 35.5. The van der Waals surface area contributed by atoms with Crippen molar-refractivity contribution in [2.24, 2.45) is 0 Å². The van der Waals surface area contributed by atoms with Crippen LogP contribution >= 0.6 is 11.6 Å². The number of Topliss-reactive ketones (excluding diaryl/α,β-unsaturated/α-hetero) is 1. The third-order valence-corrected chi connectivity index (χ3v) is 5.75. The summed E-state index contributed by atoms with van der Waals surface area (Å²) in [7, 11) is 0. The number of carbonyl (C=O) groups is 4. The maximum atomic E-state index is 14.5. The van der Waals surface area contributed by atoms with Crippen LogP contribution in [0.1, 0.15) is 49.1 Å². The van der Waals surface area contributed by atoms with E-state index in [9.17, 15) is 28.0 Å². The highest BCUT2D eigenvalue weighted by molar-refractivity contribution is 6.30. The number of carbonyl (C=O) groups excluding carboxylic acids is 4. The first-order valence-corrected chi connectivity index (χ1v) is 10.3. The minimum absolute atomic E-state index is 0.00888. The Morgan fingerprint density at radius 2 is 1.91 bits per heavy atom. The van der Waals surface area contributed by atoms with E-state index in [1.54, 1.807) is 0 Å². The molecule has 0 saturated carbocycles. The quantitative estimate of drug-likeness (QED) is 0.667. The molecule has 4 rings (SSSR count). The number of ketones is 1. The molecule has 1 fully saturated rings. The first-order valence-electron chi connectivity index (χ1n) is 10.9. The van der Waals surface area contributed by atoms with E-state index in [4.69, 9.17) is 14.3 Å². The summed E-state index contributed by atoms with van der Waals surface area (Å²) in [6.45, 7) is -2.36. The fourth-order valence-corrected chi connectivity index (χ4v) is 3.85. The molecule has 0 aliphatic carbocycles. The lowest BCUT2D eigenvalue weighted by Crippen LogP contribution is -2.52. The Morgan fingerprint density at radius 3 is 2.59 bits per heavy atom. The Bertz CT molecular complexity index is 1200. The van der Waals surface area contributed by atoms with Gasteiger partial charge in [0.05, 0.1) is 2.74 Å². The normalized spacial score (nSPS) is 21.0. The van der Waals surface area contributed by atoms with Crippen molar-refractivity contribution < 1.29 is 30.7 Å². The molecule has 6 nitrogen and oxygen atoms in total. The SMILES string of the molecule is [2H]C1([2H])c2cc(CCC(=O)C(F)(F)c3ccc(Cl)cc3)ccc2C(=O)N1C1CCC(=O)NC1=O. The number of imide groups is 1. The van der Waals surface area contributed by atoms with Gasteiger partial charge in [0.15, 0.2) is 0 Å². The van der Waals surface area contributed by atoms with Crippen molar-refractivity contribution in [3.05, 3.63) is 69.7 Å². The van der Waals surface area contributed by atoms with E-state index in [2.05, 4.69) is 5.32 Å². The van der Waals surface area contributed by atoms with Crippen molar-refractivity contribution >= 4 is 35.1 Å². The number of benzene rings is 2. The molecule has 3 amide bonds. The molecule has 32 heavy (non-hydrogen) atoms. The van der Waals surface area contributed by atoms with Gasteiger partial charge in [0.1, 0.15) is 6.04 Å². The number of hydrogen-bond donors (Lipinski definition) is 1. The zero-order chi connectivity index (χ0) is 24.8. The van der Waals surface area contributed by atoms with Crippen molar-refractivity contribution in [2.45, 2.75) is 44.1 Å². The number of nitrogens with zero attached hydrogens (tertiary/aromatic N) is 1. The van der Waals surface area contributed by atoms with Gasteiger partial charge in [-0.1, -0.05) is 35.9 Å². The molecule has 2 heterocycles. The second-order valence-electron chi connectivity index (χ2n) is 7.64. The van der Waals surface area contributed by atoms with Crippen molar-refractivity contribution in [1.29, 1.82) is 0 Å². The highest BCUT2D eigenvalue weighted by Crippen LogP contribution is 2.32. The molecule has 1 atom stereocenters. The van der Waals surface area contributed by atoms with Gasteiger partial charge in [-0.15, -0.1) is 0 Å². The molecule has 2 aliphatic heterocycles. The van der Waals surface area contributed by atoms with Gasteiger partial charge in [-0.05, 0) is 42.2 Å². The van der Waals surface area contributed by atoms with Gasteiger partial charge in [0.25, 0.3) is 5.91 Å². The van der Waals surface area contributed by atoms with Crippen molar-refractivity contribution in [3.63, 3.8) is 0 Å². The van der Waals surface area contributed by atoms with Gasteiger partial charge in [0.2, 0.25) is 17.6 Å². The summed E-state index contributed by atoms with van der Waals surface area (Å²) < 4.78 is 46.0. The van der Waals surface area contributed by atoms with Crippen LogP contribution in [0, 0.1) is 0 Å². The van der Waals surface area contributed by atoms with E-state index in [1.165, 1.54) is 30.3 Å². The fourth-order valence-electron chi connectivity index (χ4n) is 3.72. The van der Waals surface area contributed by atoms with E-state index in [1.807, 2.05) is 0 Å². The van der Waals surface area contributed by atoms with Crippen molar-refractivity contribution in [2.75, 3.05) is 0 Å². The smallest absolute Gasteiger partial charge is 0.322 e. The zero-order valence-electron chi connectivity index (χ0n) is 18.7. The number of halogens is 3. The average Bonchev–Trinajstić information content (AvgIpc) is 2.97. The van der Waals surface area contributed by atoms with Crippen molar-refractivity contribution in [3.8, 4) is 0 Å². The fraction of sp³-hybridized carbons (Fsp3) is 0.304. The van der Waals surface area contributed by atoms with Gasteiger partial charge in [-0.3, -0.25) is 24.5 Å². The molecule has 1 unspecified atom stereocenters. The lowest BCUT2D eigenvalue weighted by molar-refractivity contribution is -0.144. The number of rotatable bonds is 6. The van der Waals surface area contributed by atoms with E-state index in [-0.39, 0.29) is 35.4 Å². The largest absolute Gasteiger partial charge is 0.330 e. The van der Waals surface area contributed by atoms with Gasteiger partial charge >= 0.3 is 5.92 Å². The molecule has 166 valence electrons. The molecular weight excluding hydrogens is 442 g/mol. The Kier molecular flexibility index (Phi) is 5.15. The van der Waals surface area contributed by atoms with Gasteiger partial charge in [0, 0.05) is 35.5 Å². The summed E-state index contributed by atoms with van der Waals surface area (Å²) in [5, 5.41) is 2.38. The molecule has 2 aromatic carbocycles. The van der Waals surface area contributed by atoms with Crippen LogP contribution in [0.25, 0.3) is 0 Å². The van der Waals surface area contributed by atoms with Crippen LogP contribution in [-0.4, -0.2) is 34.4 Å². The first kappa shape index (κ1) is 19.5. The number of fused-ring (bicyclic) bond motifs is 1. The number of piperidine rings is 1. The van der Waals surface area contributed by atoms with Crippen LogP contribution < -0.4 is 5.32 Å². The average molecular weight is 463 g/mol. The molecule has 0 radical (unpaired) electrons. The molecule has 0 spiro atoms. The summed E-state index contributed by atoms with van der Waals surface area (Å²) in [5.41, 5.74) is -0.0636. The number of nitrogens with one attached hydrogen (secondary N) is 1. The molecule has 0 aromatic heterocycles. The van der Waals surface area contributed by atoms with Crippen LogP contribution in [0.2, 0.25) is 5.02 Å². The van der Waals surface area contributed by atoms with E-state index < -0.39 is 54.0 Å². The van der Waals surface area contributed by atoms with Gasteiger partial charge in [-0.25, -0.2) is 0 Å². The molecule has 9 heteroatoms. The number of amides is 3. The molecule has 2 aromatic rings. The lowest BCUT2D eigenvalue weighted by Gasteiger charge is -2.29. The maximum absolute atomic E-state index is 14.5. The summed E-state index contributed by atoms with van der Waals surface area (Å²) in [6, 6.07) is 7.73. The summed E-state index contributed by atoms with van der Waals surface area (Å²) >= 11 is 5.71. The molecule has 1 N–H and O–H groups in total. The molecule has 0 bridgehead atoms. The molecule has 2 aliphatic rings. The number of alkyl halides is 2. The Hall–Kier alpha value is -3.13. The highest BCUT2D eigenvalue weighted by Gasteiger charge is 2.41. The molecule has 1 saturated heterocycles. The third-order valence-electron chi connectivity index (χ3n) is 5.49. The van der Waals surface area contributed by atoms with E-state index in [0.29, 0.717) is 5.56 Å². The van der Waals surface area contributed by atoms with Crippen molar-refractivity contribution in [1.82, 2.24) is 10.2 Å². The maximum Gasteiger partial charge on any atom is 0.330 e. The third kappa shape index (κ3) is 4.14. The summed E-state index contributed by atoms with van der Waals surface area (Å²) in [6.07, 6.45) is -0.646. The first-order chi connectivity index (χ1) is 15.9. The van der Waals surface area contributed by atoms with Crippen LogP contribution in [0.4, 0.5) is 8.78 Å². The van der Waals surface area contributed by atoms with Crippen LogP contribution in [0.3, 0.4) is 0 Å². The standard InChI is InChI=1S/C23H19ClF2N2O4/c24-16-5-3-15(4-6-16)23(25,26)19(29)9-2-13-1-7-17-14(11-13)12-28(22(17)32)18-8-10-20(30)27-21(18)31/h1,3-7,11,18H,2,8-10,12H2,(H,27,30,31)/i12D2. The summed E-state index contributed by atoms with van der Waals surface area (Å²) in [5.74, 6) is -6.97. The van der Waals surface area contributed by atoms with E-state index >= 15 is 0 Å². The summed E-state index contributed by atoms with van der Waals surface area (Å²) in [4.78, 5) is 49.6. The lowest BCUT2D eigenvalue weighted by atomic mass is 9.97.